The molecule has 0 aliphatic carbocycles. The number of imidazole rings is 1. The molecule has 1 amide bonds. The molecule has 8 nitrogen and oxygen atoms in total. The Labute approximate surface area is 132 Å². The van der Waals surface area contributed by atoms with Gasteiger partial charge in [0.25, 0.3) is 0 Å². The molecule has 1 aromatic heterocycles. The number of rotatable bonds is 6. The lowest BCUT2D eigenvalue weighted by molar-refractivity contribution is -0.156. The number of carbonyl (C=O) groups excluding carboxylic acids is 1. The van der Waals surface area contributed by atoms with Gasteiger partial charge in [-0.25, -0.2) is 9.59 Å². The van der Waals surface area contributed by atoms with Crippen LogP contribution in [-0.2, 0) is 22.7 Å². The van der Waals surface area contributed by atoms with E-state index in [0.29, 0.717) is 12.1 Å². The number of aliphatic hydroxyl groups is 1. The van der Waals surface area contributed by atoms with Gasteiger partial charge in [0.15, 0.2) is 5.60 Å². The third kappa shape index (κ3) is 3.26. The van der Waals surface area contributed by atoms with Crippen LogP contribution in [0.15, 0.2) is 29.1 Å². The van der Waals surface area contributed by atoms with Crippen LogP contribution in [0, 0.1) is 0 Å². The van der Waals surface area contributed by atoms with E-state index in [2.05, 4.69) is 5.32 Å². The predicted octanol–water partition coefficient (Wildman–Crippen LogP) is -0.225. The number of hydrogen-bond donors (Lipinski definition) is 3. The standard InChI is InChI=1S/C15H19N3O5/c1-3-17-10-6-4-5-7-11(10)18(14(17)22)8-12(19)16-9-15(2,23)13(20)21/h4-7,23H,3,8-9H2,1-2H3,(H,16,19)(H,20,21). The topological polar surface area (TPSA) is 114 Å². The molecule has 0 aliphatic rings. The van der Waals surface area contributed by atoms with E-state index in [9.17, 15) is 19.5 Å². The van der Waals surface area contributed by atoms with Gasteiger partial charge in [-0.2, -0.15) is 0 Å². The molecule has 2 rings (SSSR count). The van der Waals surface area contributed by atoms with Crippen LogP contribution in [0.2, 0.25) is 0 Å². The van der Waals surface area contributed by atoms with Gasteiger partial charge in [-0.15, -0.1) is 0 Å². The number of aryl methyl sites for hydroxylation is 1. The quantitative estimate of drug-likeness (QED) is 0.680. The smallest absolute Gasteiger partial charge is 0.337 e. The predicted molar refractivity (Wildman–Crippen MR) is 83.1 cm³/mol. The SMILES string of the molecule is CCn1c(=O)n(CC(=O)NCC(C)(O)C(=O)O)c2ccccc21. The zero-order valence-electron chi connectivity index (χ0n) is 12.9. The molecule has 1 heterocycles. The van der Waals surface area contributed by atoms with E-state index < -0.39 is 24.0 Å². The fraction of sp³-hybridized carbons (Fsp3) is 0.400. The number of para-hydroxylation sites is 2. The van der Waals surface area contributed by atoms with E-state index in [1.807, 2.05) is 13.0 Å². The van der Waals surface area contributed by atoms with Gasteiger partial charge in [-0.05, 0) is 26.0 Å². The average molecular weight is 321 g/mol. The fourth-order valence-electron chi connectivity index (χ4n) is 2.28. The summed E-state index contributed by atoms with van der Waals surface area (Å²) in [5.41, 5.74) is -1.02. The number of fused-ring (bicyclic) bond motifs is 1. The van der Waals surface area contributed by atoms with Crippen molar-refractivity contribution in [3.05, 3.63) is 34.7 Å². The molecule has 0 fully saturated rings. The second-order valence-corrected chi connectivity index (χ2v) is 5.46. The summed E-state index contributed by atoms with van der Waals surface area (Å²) in [6.45, 7) is 2.71. The van der Waals surface area contributed by atoms with Crippen molar-refractivity contribution in [2.75, 3.05) is 6.54 Å². The van der Waals surface area contributed by atoms with Crippen molar-refractivity contribution in [2.45, 2.75) is 32.5 Å². The number of hydrogen-bond acceptors (Lipinski definition) is 4. The van der Waals surface area contributed by atoms with E-state index in [0.717, 1.165) is 12.4 Å². The summed E-state index contributed by atoms with van der Waals surface area (Å²) in [7, 11) is 0. The Morgan fingerprint density at radius 3 is 2.30 bits per heavy atom. The summed E-state index contributed by atoms with van der Waals surface area (Å²) >= 11 is 0. The second-order valence-electron chi connectivity index (χ2n) is 5.46. The van der Waals surface area contributed by atoms with Crippen LogP contribution in [0.3, 0.4) is 0 Å². The number of nitrogens with zero attached hydrogens (tertiary/aromatic N) is 2. The second kappa shape index (κ2) is 6.25. The molecule has 0 saturated carbocycles. The van der Waals surface area contributed by atoms with E-state index in [1.165, 1.54) is 4.57 Å². The molecule has 1 unspecified atom stereocenters. The lowest BCUT2D eigenvalue weighted by Gasteiger charge is -2.18. The molecule has 3 N–H and O–H groups in total. The number of carboxylic acid groups (broad SMARTS) is 1. The Kier molecular flexibility index (Phi) is 4.55. The summed E-state index contributed by atoms with van der Waals surface area (Å²) in [6, 6.07) is 7.11. The Morgan fingerprint density at radius 2 is 1.78 bits per heavy atom. The van der Waals surface area contributed by atoms with Crippen molar-refractivity contribution < 1.29 is 19.8 Å². The molecule has 23 heavy (non-hydrogen) atoms. The highest BCUT2D eigenvalue weighted by Gasteiger charge is 2.30. The molecular formula is C15H19N3O5. The van der Waals surface area contributed by atoms with Gasteiger partial charge in [0, 0.05) is 6.54 Å². The maximum atomic E-state index is 12.4. The lowest BCUT2D eigenvalue weighted by atomic mass is 10.1. The minimum absolute atomic E-state index is 0.248. The van der Waals surface area contributed by atoms with Gasteiger partial charge in [0.1, 0.15) is 6.54 Å². The van der Waals surface area contributed by atoms with E-state index >= 15 is 0 Å². The first-order chi connectivity index (χ1) is 10.8. The van der Waals surface area contributed by atoms with Crippen molar-refractivity contribution in [2.24, 2.45) is 0 Å². The highest BCUT2D eigenvalue weighted by atomic mass is 16.4. The molecule has 0 aliphatic heterocycles. The van der Waals surface area contributed by atoms with Crippen LogP contribution in [-0.4, -0.2) is 43.4 Å². The Bertz CT molecular complexity index is 803. The molecule has 0 bridgehead atoms. The Morgan fingerprint density at radius 1 is 1.22 bits per heavy atom. The van der Waals surface area contributed by atoms with Gasteiger partial charge < -0.3 is 15.5 Å². The van der Waals surface area contributed by atoms with Gasteiger partial charge >= 0.3 is 11.7 Å². The van der Waals surface area contributed by atoms with Crippen molar-refractivity contribution in [1.29, 1.82) is 0 Å². The van der Waals surface area contributed by atoms with Gasteiger partial charge in [0.05, 0.1) is 17.6 Å². The zero-order valence-corrected chi connectivity index (χ0v) is 12.9. The van der Waals surface area contributed by atoms with E-state index in [-0.39, 0.29) is 12.2 Å². The van der Waals surface area contributed by atoms with E-state index in [4.69, 9.17) is 5.11 Å². The number of carbonyl (C=O) groups is 2. The number of benzene rings is 1. The number of nitrogens with one attached hydrogen (secondary N) is 1. The molecule has 2 aromatic rings. The van der Waals surface area contributed by atoms with Gasteiger partial charge in [-0.1, -0.05) is 12.1 Å². The molecule has 0 radical (unpaired) electrons. The third-order valence-corrected chi connectivity index (χ3v) is 3.63. The Hall–Kier alpha value is -2.61. The minimum Gasteiger partial charge on any atom is -0.479 e. The number of amides is 1. The van der Waals surface area contributed by atoms with Crippen LogP contribution in [0.4, 0.5) is 0 Å². The van der Waals surface area contributed by atoms with Crippen molar-refractivity contribution >= 4 is 22.9 Å². The van der Waals surface area contributed by atoms with Crippen molar-refractivity contribution in [3.63, 3.8) is 0 Å². The normalized spacial score (nSPS) is 13.7. The minimum atomic E-state index is -2.06. The molecule has 124 valence electrons. The summed E-state index contributed by atoms with van der Waals surface area (Å²) < 4.78 is 2.87. The summed E-state index contributed by atoms with van der Waals surface area (Å²) in [5.74, 6) is -1.98. The zero-order chi connectivity index (χ0) is 17.2. The van der Waals surface area contributed by atoms with Crippen LogP contribution >= 0.6 is 0 Å². The maximum absolute atomic E-state index is 12.4. The number of aromatic nitrogens is 2. The van der Waals surface area contributed by atoms with Gasteiger partial charge in [-0.3, -0.25) is 13.9 Å². The van der Waals surface area contributed by atoms with Crippen molar-refractivity contribution in [1.82, 2.24) is 14.5 Å². The Balaban J connectivity index is 2.22. The summed E-state index contributed by atoms with van der Waals surface area (Å²) in [5, 5.41) is 20.7. The van der Waals surface area contributed by atoms with Gasteiger partial charge in [0.2, 0.25) is 5.91 Å². The molecule has 0 saturated heterocycles. The molecule has 1 atom stereocenters. The van der Waals surface area contributed by atoms with Crippen LogP contribution in [0.5, 0.6) is 0 Å². The highest BCUT2D eigenvalue weighted by Crippen LogP contribution is 2.12. The highest BCUT2D eigenvalue weighted by molar-refractivity contribution is 5.82. The third-order valence-electron chi connectivity index (χ3n) is 3.63. The molecule has 8 heteroatoms. The average Bonchev–Trinajstić information content (AvgIpc) is 2.77. The number of aliphatic carboxylic acids is 1. The van der Waals surface area contributed by atoms with E-state index in [1.54, 1.807) is 22.8 Å². The first-order valence-corrected chi connectivity index (χ1v) is 7.18. The lowest BCUT2D eigenvalue weighted by Crippen LogP contribution is -2.47. The molecule has 1 aromatic carbocycles. The first-order valence-electron chi connectivity index (χ1n) is 7.18. The molecule has 0 spiro atoms. The van der Waals surface area contributed by atoms with Crippen LogP contribution in [0.1, 0.15) is 13.8 Å². The van der Waals surface area contributed by atoms with Crippen LogP contribution in [0.25, 0.3) is 11.0 Å². The maximum Gasteiger partial charge on any atom is 0.337 e. The summed E-state index contributed by atoms with van der Waals surface area (Å²) in [4.78, 5) is 35.2. The summed E-state index contributed by atoms with van der Waals surface area (Å²) in [6.07, 6.45) is 0. The fourth-order valence-corrected chi connectivity index (χ4v) is 2.28. The monoisotopic (exact) mass is 321 g/mol. The van der Waals surface area contributed by atoms with Crippen molar-refractivity contribution in [3.8, 4) is 0 Å². The van der Waals surface area contributed by atoms with Crippen LogP contribution < -0.4 is 11.0 Å². The molecular weight excluding hydrogens is 302 g/mol. The first kappa shape index (κ1) is 16.8. The largest absolute Gasteiger partial charge is 0.479 e. The number of carboxylic acids is 1.